The molecular weight excluding hydrogens is 272 g/mol. The molecule has 1 atom stereocenters. The number of hydrogen-bond acceptors (Lipinski definition) is 2. The van der Waals surface area contributed by atoms with Crippen LogP contribution in [-0.4, -0.2) is 7.11 Å². The van der Waals surface area contributed by atoms with Crippen molar-refractivity contribution in [3.8, 4) is 5.75 Å². The Hall–Kier alpha value is -2.10. The molecule has 1 unspecified atom stereocenters. The zero-order valence-corrected chi connectivity index (χ0v) is 12.6. The summed E-state index contributed by atoms with van der Waals surface area (Å²) in [6, 6.07) is 7.96. The first-order valence-corrected chi connectivity index (χ1v) is 6.79. The first-order chi connectivity index (χ1) is 9.92. The maximum Gasteiger partial charge on any atom is 0.146 e. The normalized spacial score (nSPS) is 12.1. The Morgan fingerprint density at radius 2 is 1.76 bits per heavy atom. The van der Waals surface area contributed by atoms with Gasteiger partial charge in [-0.3, -0.25) is 0 Å². The van der Waals surface area contributed by atoms with Gasteiger partial charge in [-0.05, 0) is 44.0 Å². The van der Waals surface area contributed by atoms with E-state index < -0.39 is 11.6 Å². The predicted octanol–water partition coefficient (Wildman–Crippen LogP) is 4.76. The Kier molecular flexibility index (Phi) is 4.46. The molecule has 0 fully saturated rings. The quantitative estimate of drug-likeness (QED) is 0.876. The molecule has 0 aromatic heterocycles. The fourth-order valence-electron chi connectivity index (χ4n) is 2.24. The van der Waals surface area contributed by atoms with Gasteiger partial charge in [0, 0.05) is 11.6 Å². The molecule has 1 N–H and O–H groups in total. The van der Waals surface area contributed by atoms with Gasteiger partial charge in [-0.2, -0.15) is 0 Å². The molecule has 21 heavy (non-hydrogen) atoms. The van der Waals surface area contributed by atoms with Crippen LogP contribution in [0, 0.1) is 25.5 Å². The first-order valence-electron chi connectivity index (χ1n) is 6.79. The summed E-state index contributed by atoms with van der Waals surface area (Å²) < 4.78 is 32.8. The zero-order chi connectivity index (χ0) is 15.6. The highest BCUT2D eigenvalue weighted by Crippen LogP contribution is 2.30. The van der Waals surface area contributed by atoms with Crippen LogP contribution in [0.15, 0.2) is 30.3 Å². The lowest BCUT2D eigenvalue weighted by Gasteiger charge is -2.19. The van der Waals surface area contributed by atoms with E-state index in [1.807, 2.05) is 32.0 Å². The van der Waals surface area contributed by atoms with Crippen LogP contribution in [0.25, 0.3) is 0 Å². The summed E-state index contributed by atoms with van der Waals surface area (Å²) in [6.07, 6.45) is 0. The lowest BCUT2D eigenvalue weighted by molar-refractivity contribution is 0.407. The minimum Gasteiger partial charge on any atom is -0.496 e. The van der Waals surface area contributed by atoms with Crippen molar-refractivity contribution in [2.45, 2.75) is 26.8 Å². The van der Waals surface area contributed by atoms with E-state index in [9.17, 15) is 8.78 Å². The van der Waals surface area contributed by atoms with Gasteiger partial charge in [-0.25, -0.2) is 8.78 Å². The fourth-order valence-corrected chi connectivity index (χ4v) is 2.24. The molecule has 2 nitrogen and oxygen atoms in total. The smallest absolute Gasteiger partial charge is 0.146 e. The van der Waals surface area contributed by atoms with Crippen molar-refractivity contribution in [1.29, 1.82) is 0 Å². The molecule has 0 aliphatic carbocycles. The van der Waals surface area contributed by atoms with Crippen LogP contribution >= 0.6 is 0 Å². The lowest BCUT2D eigenvalue weighted by atomic mass is 10.0. The summed E-state index contributed by atoms with van der Waals surface area (Å²) in [7, 11) is 1.59. The lowest BCUT2D eigenvalue weighted by Crippen LogP contribution is -2.10. The summed E-state index contributed by atoms with van der Waals surface area (Å²) in [5.74, 6) is -0.170. The minimum atomic E-state index is -0.466. The Labute approximate surface area is 123 Å². The number of aryl methyl sites for hydroxylation is 2. The average molecular weight is 291 g/mol. The van der Waals surface area contributed by atoms with Crippen molar-refractivity contribution in [2.75, 3.05) is 12.4 Å². The molecule has 112 valence electrons. The van der Waals surface area contributed by atoms with Crippen molar-refractivity contribution in [3.05, 3.63) is 58.7 Å². The summed E-state index contributed by atoms with van der Waals surface area (Å²) in [4.78, 5) is 0. The van der Waals surface area contributed by atoms with Gasteiger partial charge in [-0.1, -0.05) is 12.1 Å². The topological polar surface area (TPSA) is 21.3 Å². The molecule has 2 rings (SSSR count). The summed E-state index contributed by atoms with van der Waals surface area (Å²) in [5, 5.41) is 2.99. The SMILES string of the molecule is COc1cc(C)ccc1C(C)Nc1cc(F)c(C)cc1F. The van der Waals surface area contributed by atoms with Crippen molar-refractivity contribution < 1.29 is 13.5 Å². The minimum absolute atomic E-state index is 0.147. The van der Waals surface area contributed by atoms with Crippen LogP contribution < -0.4 is 10.1 Å². The van der Waals surface area contributed by atoms with E-state index in [0.717, 1.165) is 16.9 Å². The number of halogens is 2. The fraction of sp³-hybridized carbons (Fsp3) is 0.294. The van der Waals surface area contributed by atoms with Gasteiger partial charge in [-0.15, -0.1) is 0 Å². The molecule has 0 amide bonds. The molecule has 0 radical (unpaired) electrons. The average Bonchev–Trinajstić information content (AvgIpc) is 2.44. The highest BCUT2D eigenvalue weighted by molar-refractivity contribution is 5.50. The van der Waals surface area contributed by atoms with Gasteiger partial charge in [0.25, 0.3) is 0 Å². The van der Waals surface area contributed by atoms with Gasteiger partial charge in [0.15, 0.2) is 0 Å². The Balaban J connectivity index is 2.30. The Bertz CT molecular complexity index is 655. The summed E-state index contributed by atoms with van der Waals surface area (Å²) >= 11 is 0. The number of anilines is 1. The molecule has 0 aliphatic heterocycles. The van der Waals surface area contributed by atoms with E-state index in [2.05, 4.69) is 5.32 Å². The highest BCUT2D eigenvalue weighted by atomic mass is 19.1. The molecule has 2 aromatic rings. The second kappa shape index (κ2) is 6.12. The number of methoxy groups -OCH3 is 1. The predicted molar refractivity (Wildman–Crippen MR) is 80.9 cm³/mol. The van der Waals surface area contributed by atoms with Crippen molar-refractivity contribution >= 4 is 5.69 Å². The number of benzene rings is 2. The Morgan fingerprint density at radius 3 is 2.43 bits per heavy atom. The van der Waals surface area contributed by atoms with Crippen LogP contribution in [0.3, 0.4) is 0 Å². The molecule has 0 heterocycles. The number of rotatable bonds is 4. The molecule has 0 saturated carbocycles. The van der Waals surface area contributed by atoms with Gasteiger partial charge in [0.05, 0.1) is 18.8 Å². The third-order valence-corrected chi connectivity index (χ3v) is 3.48. The number of nitrogens with one attached hydrogen (secondary N) is 1. The van der Waals surface area contributed by atoms with Crippen LogP contribution in [0.2, 0.25) is 0 Å². The highest BCUT2D eigenvalue weighted by Gasteiger charge is 2.14. The van der Waals surface area contributed by atoms with E-state index in [-0.39, 0.29) is 11.7 Å². The van der Waals surface area contributed by atoms with E-state index in [4.69, 9.17) is 4.74 Å². The maximum atomic E-state index is 13.9. The molecule has 0 spiro atoms. The van der Waals surface area contributed by atoms with Crippen LogP contribution in [0.4, 0.5) is 14.5 Å². The third-order valence-electron chi connectivity index (χ3n) is 3.48. The van der Waals surface area contributed by atoms with Gasteiger partial charge in [0.1, 0.15) is 17.4 Å². The standard InChI is InChI=1S/C17H19F2NO/c1-10-5-6-13(17(7-10)21-4)12(3)20-16-9-14(18)11(2)8-15(16)19/h5-9,12,20H,1-4H3. The molecule has 0 bridgehead atoms. The number of ether oxygens (including phenoxy) is 1. The van der Waals surface area contributed by atoms with E-state index >= 15 is 0 Å². The maximum absolute atomic E-state index is 13.9. The van der Waals surface area contributed by atoms with E-state index in [1.165, 1.54) is 19.1 Å². The third kappa shape index (κ3) is 3.32. The van der Waals surface area contributed by atoms with Crippen molar-refractivity contribution in [2.24, 2.45) is 0 Å². The van der Waals surface area contributed by atoms with Gasteiger partial charge < -0.3 is 10.1 Å². The van der Waals surface area contributed by atoms with Crippen LogP contribution in [0.5, 0.6) is 5.75 Å². The zero-order valence-electron chi connectivity index (χ0n) is 12.6. The van der Waals surface area contributed by atoms with Gasteiger partial charge in [0.2, 0.25) is 0 Å². The van der Waals surface area contributed by atoms with Crippen molar-refractivity contribution in [3.63, 3.8) is 0 Å². The van der Waals surface area contributed by atoms with Crippen LogP contribution in [0.1, 0.15) is 29.7 Å². The molecule has 2 aromatic carbocycles. The molecule has 4 heteroatoms. The Morgan fingerprint density at radius 1 is 1.05 bits per heavy atom. The molecular formula is C17H19F2NO. The van der Waals surface area contributed by atoms with Gasteiger partial charge >= 0.3 is 0 Å². The summed E-state index contributed by atoms with van der Waals surface area (Å²) in [5.41, 5.74) is 2.41. The van der Waals surface area contributed by atoms with Crippen LogP contribution in [-0.2, 0) is 0 Å². The summed E-state index contributed by atoms with van der Waals surface area (Å²) in [6.45, 7) is 5.39. The largest absolute Gasteiger partial charge is 0.496 e. The second-order valence-electron chi connectivity index (χ2n) is 5.19. The molecule has 0 saturated heterocycles. The second-order valence-corrected chi connectivity index (χ2v) is 5.19. The van der Waals surface area contributed by atoms with Crippen molar-refractivity contribution in [1.82, 2.24) is 0 Å². The number of hydrogen-bond donors (Lipinski definition) is 1. The van der Waals surface area contributed by atoms with E-state index in [0.29, 0.717) is 5.56 Å². The first kappa shape index (κ1) is 15.3. The molecule has 0 aliphatic rings. The monoisotopic (exact) mass is 291 g/mol. The van der Waals surface area contributed by atoms with E-state index in [1.54, 1.807) is 7.11 Å².